The van der Waals surface area contributed by atoms with Gasteiger partial charge in [0.1, 0.15) is 0 Å². The van der Waals surface area contributed by atoms with Crippen LogP contribution in [0.3, 0.4) is 0 Å². The second-order valence-electron chi connectivity index (χ2n) is 19.2. The van der Waals surface area contributed by atoms with Gasteiger partial charge in [0, 0.05) is 0 Å². The summed E-state index contributed by atoms with van der Waals surface area (Å²) in [6, 6.07) is 28.4. The van der Waals surface area contributed by atoms with E-state index in [9.17, 15) is 17.6 Å². The van der Waals surface area contributed by atoms with Crippen molar-refractivity contribution in [1.82, 2.24) is 0 Å². The molecule has 0 saturated carbocycles. The Bertz CT molecular complexity index is 3100. The molecule has 0 nitrogen and oxygen atoms in total. The van der Waals surface area contributed by atoms with Gasteiger partial charge >= 0.3 is 368 Å². The van der Waals surface area contributed by atoms with Crippen LogP contribution in [0.15, 0.2) is 103 Å². The third kappa shape index (κ3) is 8.66. The van der Waals surface area contributed by atoms with Crippen LogP contribution in [0.2, 0.25) is 11.1 Å². The molecule has 7 aromatic rings. The van der Waals surface area contributed by atoms with Gasteiger partial charge in [-0.3, -0.25) is 0 Å². The summed E-state index contributed by atoms with van der Waals surface area (Å²) in [7, 11) is 0. The van der Waals surface area contributed by atoms with Gasteiger partial charge in [-0.05, 0) is 0 Å². The van der Waals surface area contributed by atoms with Crippen molar-refractivity contribution in [2.75, 3.05) is 0 Å². The zero-order valence-corrected chi connectivity index (χ0v) is 41.9. The fourth-order valence-corrected chi connectivity index (χ4v) is 17.8. The third-order valence-electron chi connectivity index (χ3n) is 14.3. The number of unbranched alkanes of at least 4 members (excludes halogenated alkanes) is 3. The molecule has 0 radical (unpaired) electrons. The Morgan fingerprint density at radius 3 is 1.51 bits per heavy atom. The average molecular weight is 992 g/mol. The van der Waals surface area contributed by atoms with Gasteiger partial charge in [0.2, 0.25) is 0 Å². The number of fused-ring (bicyclic) bond motifs is 7. The van der Waals surface area contributed by atoms with Crippen molar-refractivity contribution in [2.45, 2.75) is 114 Å². The van der Waals surface area contributed by atoms with E-state index in [1.807, 2.05) is 37.3 Å². The zero-order chi connectivity index (χ0) is 48.8. The Morgan fingerprint density at radius 2 is 1.00 bits per heavy atom. The Hall–Kier alpha value is -5.43. The second kappa shape index (κ2) is 19.5. The normalized spacial score (nSPS) is 18.6. The van der Waals surface area contributed by atoms with Crippen LogP contribution in [0, 0.1) is 61.5 Å². The summed E-state index contributed by atoms with van der Waals surface area (Å²) >= 11 is -2.44. The van der Waals surface area contributed by atoms with Gasteiger partial charge in [0.05, 0.1) is 0 Å². The van der Waals surface area contributed by atoms with Gasteiger partial charge in [0.25, 0.3) is 0 Å². The molecule has 8 heteroatoms. The first-order valence-corrected chi connectivity index (χ1v) is 29.1. The first-order chi connectivity index (χ1) is 32.5. The van der Waals surface area contributed by atoms with E-state index in [-0.39, 0.29) is 27.8 Å². The quantitative estimate of drug-likeness (QED) is 0.0585. The van der Waals surface area contributed by atoms with E-state index in [2.05, 4.69) is 87.3 Å². The molecule has 0 N–H and O–H groups in total. The minimum atomic E-state index is -2.44. The molecule has 0 aromatic heterocycles. The zero-order valence-electron chi connectivity index (χ0n) is 40.2. The SMILES string of the molecule is CCCCC.CCCC[Se]1(C)Cc2c(C3=CCC(C)(c4c(C)c(F)c(F)c(F)c4C)C=C3)cc3ccccc3c2-c2c(c(-c3ccc(-c4c(C)c(F)c(F)c(F)c4F)cc3)cc3ccccc23)C1. The Balaban J connectivity index is 0.00000119. The molecule has 0 saturated heterocycles. The van der Waals surface area contributed by atoms with Crippen LogP contribution in [0.25, 0.3) is 60.5 Å². The van der Waals surface area contributed by atoms with Crippen LogP contribution in [0.5, 0.6) is 0 Å². The van der Waals surface area contributed by atoms with Gasteiger partial charge < -0.3 is 0 Å². The molecule has 9 rings (SSSR count). The summed E-state index contributed by atoms with van der Waals surface area (Å²) < 4.78 is 103. The van der Waals surface area contributed by atoms with Crippen molar-refractivity contribution in [3.63, 3.8) is 0 Å². The van der Waals surface area contributed by atoms with Crippen LogP contribution >= 0.6 is 0 Å². The third-order valence-corrected chi connectivity index (χ3v) is 21.1. The minimum absolute atomic E-state index is 0.114. The van der Waals surface area contributed by atoms with Crippen molar-refractivity contribution in [1.29, 1.82) is 0 Å². The predicted molar refractivity (Wildman–Crippen MR) is 271 cm³/mol. The molecule has 2 atom stereocenters. The summed E-state index contributed by atoms with van der Waals surface area (Å²) in [5, 5.41) is 7.29. The summed E-state index contributed by atoms with van der Waals surface area (Å²) in [5.41, 5.74) is 8.45. The Morgan fingerprint density at radius 1 is 0.529 bits per heavy atom. The molecule has 0 amide bonds. The molecule has 2 aliphatic rings. The number of benzene rings is 7. The topological polar surface area (TPSA) is 0 Å². The van der Waals surface area contributed by atoms with Gasteiger partial charge in [-0.2, -0.15) is 0 Å². The van der Waals surface area contributed by atoms with Gasteiger partial charge in [-0.1, -0.05) is 33.1 Å². The molecular formula is C60H59F7Se. The van der Waals surface area contributed by atoms with E-state index in [1.54, 1.807) is 12.1 Å². The van der Waals surface area contributed by atoms with E-state index in [4.69, 9.17) is 0 Å². The molecule has 1 aliphatic carbocycles. The maximum absolute atomic E-state index is 15.2. The Labute approximate surface area is 399 Å². The first kappa shape index (κ1) is 49.0. The maximum atomic E-state index is 15.2. The van der Waals surface area contributed by atoms with Crippen LogP contribution < -0.4 is 0 Å². The fourth-order valence-electron chi connectivity index (χ4n) is 10.7. The van der Waals surface area contributed by atoms with Gasteiger partial charge in [-0.25, -0.2) is 0 Å². The fraction of sp³-hybridized carbons (Fsp3) is 0.300. The number of hydrogen-bond donors (Lipinski definition) is 0. The molecule has 7 aromatic carbocycles. The Kier molecular flexibility index (Phi) is 14.1. The predicted octanol–water partition coefficient (Wildman–Crippen LogP) is 18.4. The molecule has 1 aliphatic heterocycles. The van der Waals surface area contributed by atoms with E-state index in [0.717, 1.165) is 78.2 Å². The number of allylic oxidation sites excluding steroid dienone is 4. The van der Waals surface area contributed by atoms with Gasteiger partial charge in [0.15, 0.2) is 0 Å². The van der Waals surface area contributed by atoms with Crippen LogP contribution in [0.4, 0.5) is 30.7 Å². The molecular weight excluding hydrogens is 933 g/mol. The molecule has 0 spiro atoms. The molecule has 68 heavy (non-hydrogen) atoms. The standard InChI is InChI=1S/C55H47F7Se.C5H12/c1-7-8-25-63(6)28-42-40(33-17-19-35(20-18-33)44-30(2)48(56)53(61)54(62)51(44)59)26-36-13-9-11-15-38(36)45(42)46-39-16-12-10-14-37(39)27-41(43(46)29-63)34-21-23-55(5,24-22-34)47-31(3)49(57)52(60)50(58)32(47)4;1-3-5-4-2/h9-23,26-27H,7-8,24-25,28-29H2,1-6H3;3-5H2,1-2H3. The van der Waals surface area contributed by atoms with Crippen molar-refractivity contribution in [3.8, 4) is 33.4 Å². The summed E-state index contributed by atoms with van der Waals surface area (Å²) in [4.78, 5) is 0. The number of rotatable bonds is 9. The first-order valence-electron chi connectivity index (χ1n) is 23.8. The van der Waals surface area contributed by atoms with E-state index in [0.29, 0.717) is 12.0 Å². The average Bonchev–Trinajstić information content (AvgIpc) is 3.48. The molecule has 2 unspecified atom stereocenters. The van der Waals surface area contributed by atoms with E-state index in [1.165, 1.54) is 56.7 Å². The number of halogens is 7. The van der Waals surface area contributed by atoms with E-state index >= 15 is 13.2 Å². The van der Waals surface area contributed by atoms with Crippen LogP contribution in [-0.2, 0) is 16.1 Å². The molecule has 354 valence electrons. The van der Waals surface area contributed by atoms with Crippen molar-refractivity contribution in [3.05, 3.63) is 183 Å². The van der Waals surface area contributed by atoms with Crippen molar-refractivity contribution >= 4 is 40.0 Å². The van der Waals surface area contributed by atoms with Crippen molar-refractivity contribution < 1.29 is 30.7 Å². The number of hydrogen-bond acceptors (Lipinski definition) is 0. The molecule has 0 bridgehead atoms. The van der Waals surface area contributed by atoms with E-state index < -0.39 is 59.0 Å². The summed E-state index contributed by atoms with van der Waals surface area (Å²) in [6.45, 7) is 12.9. The second-order valence-corrected chi connectivity index (χ2v) is 27.5. The monoisotopic (exact) mass is 992 g/mol. The van der Waals surface area contributed by atoms with Gasteiger partial charge in [-0.15, -0.1) is 0 Å². The van der Waals surface area contributed by atoms with Crippen molar-refractivity contribution in [2.24, 2.45) is 0 Å². The molecule has 1 heterocycles. The summed E-state index contributed by atoms with van der Waals surface area (Å²) in [6.07, 6.45) is 12.9. The van der Waals surface area contributed by atoms with Crippen LogP contribution in [-0.4, -0.2) is 12.8 Å². The summed E-state index contributed by atoms with van der Waals surface area (Å²) in [5.74, 6) is -7.73. The van der Waals surface area contributed by atoms with Crippen LogP contribution in [0.1, 0.15) is 105 Å². The molecule has 0 fully saturated rings.